The lowest BCUT2D eigenvalue weighted by Gasteiger charge is -2.12. The van der Waals surface area contributed by atoms with Gasteiger partial charge in [0.2, 0.25) is 10.0 Å². The van der Waals surface area contributed by atoms with Gasteiger partial charge in [0.1, 0.15) is 0 Å². The average Bonchev–Trinajstić information content (AvgIpc) is 2.85. The molecule has 1 aromatic carbocycles. The number of nitrogens with zero attached hydrogens (tertiary/aromatic N) is 2. The largest absolute Gasteiger partial charge is 0.392 e. The molecule has 0 spiro atoms. The fourth-order valence-electron chi connectivity index (χ4n) is 2.09. The first kappa shape index (κ1) is 15.7. The van der Waals surface area contributed by atoms with Crippen LogP contribution in [-0.2, 0) is 30.2 Å². The zero-order chi connectivity index (χ0) is 15.6. The molecule has 0 amide bonds. The zero-order valence-corrected chi connectivity index (χ0v) is 13.1. The third-order valence-corrected chi connectivity index (χ3v) is 4.90. The second-order valence-corrected chi connectivity index (χ2v) is 6.78. The Balaban J connectivity index is 2.29. The van der Waals surface area contributed by atoms with Crippen LogP contribution in [0.4, 0.5) is 0 Å². The molecule has 114 valence electrons. The number of hydrogen-bond donors (Lipinski definition) is 2. The Morgan fingerprint density at radius 2 is 2.00 bits per heavy atom. The molecule has 0 aliphatic rings. The van der Waals surface area contributed by atoms with Crippen LogP contribution >= 0.6 is 0 Å². The van der Waals surface area contributed by atoms with Crippen molar-refractivity contribution in [3.8, 4) is 0 Å². The van der Waals surface area contributed by atoms with Gasteiger partial charge in [0.05, 0.1) is 17.7 Å². The van der Waals surface area contributed by atoms with E-state index in [2.05, 4.69) is 9.82 Å². The van der Waals surface area contributed by atoms with Crippen molar-refractivity contribution in [2.45, 2.75) is 31.9 Å². The summed E-state index contributed by atoms with van der Waals surface area (Å²) in [6.45, 7) is 3.58. The molecule has 0 radical (unpaired) electrons. The predicted molar refractivity (Wildman–Crippen MR) is 79.1 cm³/mol. The zero-order valence-electron chi connectivity index (χ0n) is 12.3. The first-order chi connectivity index (χ1) is 9.83. The Labute approximate surface area is 124 Å². The molecule has 2 aromatic rings. The number of rotatable bonds is 5. The lowest BCUT2D eigenvalue weighted by Crippen LogP contribution is -2.24. The van der Waals surface area contributed by atoms with Crippen LogP contribution < -0.4 is 4.72 Å². The van der Waals surface area contributed by atoms with Crippen LogP contribution in [0, 0.1) is 13.8 Å². The molecular formula is C14H19N3O3S. The summed E-state index contributed by atoms with van der Waals surface area (Å²) < 4.78 is 29.0. The third kappa shape index (κ3) is 3.49. The first-order valence-electron chi connectivity index (χ1n) is 6.51. The smallest absolute Gasteiger partial charge is 0.241 e. The highest BCUT2D eigenvalue weighted by Crippen LogP contribution is 2.21. The summed E-state index contributed by atoms with van der Waals surface area (Å²) in [5.74, 6) is 0. The van der Waals surface area contributed by atoms with Crippen LogP contribution in [-0.4, -0.2) is 23.3 Å². The quantitative estimate of drug-likeness (QED) is 0.863. The van der Waals surface area contributed by atoms with E-state index in [9.17, 15) is 13.5 Å². The molecule has 21 heavy (non-hydrogen) atoms. The van der Waals surface area contributed by atoms with Gasteiger partial charge in [-0.1, -0.05) is 6.07 Å². The highest BCUT2D eigenvalue weighted by molar-refractivity contribution is 7.89. The number of aliphatic hydroxyl groups excluding tert-OH is 1. The standard InChI is InChI=1S/C14H19N3O3S/c1-10-4-12(9-18)5-14(11(10)2)21(19,20)16-7-13-6-15-17(3)8-13/h4-6,8,16,18H,7,9H2,1-3H3. The van der Waals surface area contributed by atoms with Crippen molar-refractivity contribution in [1.29, 1.82) is 0 Å². The fraction of sp³-hybridized carbons (Fsp3) is 0.357. The van der Waals surface area contributed by atoms with Gasteiger partial charge in [0, 0.05) is 25.4 Å². The van der Waals surface area contributed by atoms with E-state index < -0.39 is 10.0 Å². The number of nitrogens with one attached hydrogen (secondary N) is 1. The van der Waals surface area contributed by atoms with Gasteiger partial charge in [0.15, 0.2) is 0 Å². The number of hydrogen-bond acceptors (Lipinski definition) is 4. The van der Waals surface area contributed by atoms with Crippen LogP contribution in [0.15, 0.2) is 29.4 Å². The normalized spacial score (nSPS) is 11.8. The summed E-state index contributed by atoms with van der Waals surface area (Å²) in [7, 11) is -1.86. The van der Waals surface area contributed by atoms with Gasteiger partial charge < -0.3 is 5.11 Å². The molecule has 0 unspecified atom stereocenters. The summed E-state index contributed by atoms with van der Waals surface area (Å²) in [6, 6.07) is 3.30. The summed E-state index contributed by atoms with van der Waals surface area (Å²) in [5.41, 5.74) is 2.89. The second-order valence-electron chi connectivity index (χ2n) is 5.04. The van der Waals surface area contributed by atoms with E-state index in [-0.39, 0.29) is 18.0 Å². The van der Waals surface area contributed by atoms with Crippen molar-refractivity contribution >= 4 is 10.0 Å². The Morgan fingerprint density at radius 3 is 2.57 bits per heavy atom. The van der Waals surface area contributed by atoms with Crippen LogP contribution in [0.1, 0.15) is 22.3 Å². The van der Waals surface area contributed by atoms with E-state index >= 15 is 0 Å². The number of benzene rings is 1. The van der Waals surface area contributed by atoms with Gasteiger partial charge in [-0.2, -0.15) is 5.10 Å². The Morgan fingerprint density at radius 1 is 1.29 bits per heavy atom. The molecule has 1 heterocycles. The maximum atomic E-state index is 12.4. The van der Waals surface area contributed by atoms with E-state index in [1.54, 1.807) is 37.1 Å². The lowest BCUT2D eigenvalue weighted by molar-refractivity contribution is 0.281. The third-order valence-electron chi connectivity index (χ3n) is 3.38. The Bertz CT molecular complexity index is 751. The van der Waals surface area contributed by atoms with E-state index in [4.69, 9.17) is 0 Å². The molecule has 0 saturated heterocycles. The van der Waals surface area contributed by atoms with Crippen molar-refractivity contribution in [2.24, 2.45) is 7.05 Å². The Kier molecular flexibility index (Phi) is 4.46. The Hall–Kier alpha value is -1.70. The molecule has 6 nitrogen and oxygen atoms in total. The average molecular weight is 309 g/mol. The summed E-state index contributed by atoms with van der Waals surface area (Å²) in [5, 5.41) is 13.2. The molecular weight excluding hydrogens is 290 g/mol. The number of aromatic nitrogens is 2. The maximum Gasteiger partial charge on any atom is 0.241 e. The van der Waals surface area contributed by atoms with E-state index in [0.717, 1.165) is 11.1 Å². The van der Waals surface area contributed by atoms with Crippen molar-refractivity contribution < 1.29 is 13.5 Å². The van der Waals surface area contributed by atoms with Gasteiger partial charge in [-0.05, 0) is 36.6 Å². The number of aryl methyl sites for hydroxylation is 2. The highest BCUT2D eigenvalue weighted by Gasteiger charge is 2.18. The SMILES string of the molecule is Cc1cc(CO)cc(S(=O)(=O)NCc2cnn(C)c2)c1C. The molecule has 0 atom stereocenters. The van der Waals surface area contributed by atoms with Crippen LogP contribution in [0.2, 0.25) is 0 Å². The van der Waals surface area contributed by atoms with Crippen molar-refractivity contribution in [1.82, 2.24) is 14.5 Å². The summed E-state index contributed by atoms with van der Waals surface area (Å²) >= 11 is 0. The molecule has 2 N–H and O–H groups in total. The molecule has 0 aliphatic carbocycles. The highest BCUT2D eigenvalue weighted by atomic mass is 32.2. The van der Waals surface area contributed by atoms with E-state index in [1.807, 2.05) is 6.92 Å². The minimum atomic E-state index is -3.63. The molecule has 7 heteroatoms. The predicted octanol–water partition coefficient (Wildman–Crippen LogP) is 1.01. The molecule has 0 fully saturated rings. The molecule has 0 bridgehead atoms. The van der Waals surface area contributed by atoms with Crippen molar-refractivity contribution in [3.05, 3.63) is 46.8 Å². The van der Waals surface area contributed by atoms with Gasteiger partial charge in [-0.3, -0.25) is 4.68 Å². The summed E-state index contributed by atoms with van der Waals surface area (Å²) in [4.78, 5) is 0.204. The monoisotopic (exact) mass is 309 g/mol. The minimum absolute atomic E-state index is 0.179. The molecule has 2 rings (SSSR count). The van der Waals surface area contributed by atoms with Crippen molar-refractivity contribution in [3.63, 3.8) is 0 Å². The first-order valence-corrected chi connectivity index (χ1v) is 8.00. The van der Waals surface area contributed by atoms with E-state index in [1.165, 1.54) is 6.07 Å². The number of aliphatic hydroxyl groups is 1. The van der Waals surface area contributed by atoms with Crippen molar-refractivity contribution in [2.75, 3.05) is 0 Å². The fourth-order valence-corrected chi connectivity index (χ4v) is 3.47. The molecule has 0 aliphatic heterocycles. The molecule has 1 aromatic heterocycles. The van der Waals surface area contributed by atoms with Gasteiger partial charge in [0.25, 0.3) is 0 Å². The minimum Gasteiger partial charge on any atom is -0.392 e. The number of sulfonamides is 1. The second kappa shape index (κ2) is 5.97. The van der Waals surface area contributed by atoms with Crippen LogP contribution in [0.3, 0.4) is 0 Å². The van der Waals surface area contributed by atoms with Crippen LogP contribution in [0.25, 0.3) is 0 Å². The van der Waals surface area contributed by atoms with E-state index in [0.29, 0.717) is 11.1 Å². The topological polar surface area (TPSA) is 84.2 Å². The van der Waals surface area contributed by atoms with Gasteiger partial charge in [-0.25, -0.2) is 13.1 Å². The maximum absolute atomic E-state index is 12.4. The van der Waals surface area contributed by atoms with Gasteiger partial charge in [-0.15, -0.1) is 0 Å². The summed E-state index contributed by atoms with van der Waals surface area (Å²) in [6.07, 6.45) is 3.37. The molecule has 0 saturated carbocycles. The van der Waals surface area contributed by atoms with Crippen LogP contribution in [0.5, 0.6) is 0 Å². The lowest BCUT2D eigenvalue weighted by atomic mass is 10.1. The van der Waals surface area contributed by atoms with Gasteiger partial charge >= 0.3 is 0 Å².